The van der Waals surface area contributed by atoms with E-state index in [1.54, 1.807) is 6.07 Å². The lowest BCUT2D eigenvalue weighted by molar-refractivity contribution is -0.123. The molecule has 1 aromatic heterocycles. The van der Waals surface area contributed by atoms with Crippen molar-refractivity contribution in [3.63, 3.8) is 0 Å². The Morgan fingerprint density at radius 3 is 2.96 bits per heavy atom. The molecular weight excluding hydrogens is 382 g/mol. The van der Waals surface area contributed by atoms with Gasteiger partial charge < -0.3 is 19.9 Å². The molecule has 0 saturated heterocycles. The monoisotopic (exact) mass is 403 g/mol. The predicted octanol–water partition coefficient (Wildman–Crippen LogP) is 4.61. The third kappa shape index (κ3) is 3.27. The Labute approximate surface area is 166 Å². The smallest absolute Gasteiger partial charge is 0.269 e. The summed E-state index contributed by atoms with van der Waals surface area (Å²) in [4.78, 5) is 26.0. The van der Waals surface area contributed by atoms with E-state index < -0.39 is 0 Å². The minimum absolute atomic E-state index is 0.00346. The van der Waals surface area contributed by atoms with Crippen molar-refractivity contribution < 1.29 is 14.3 Å². The second-order valence-corrected chi connectivity index (χ2v) is 8.39. The molecule has 1 aliphatic carbocycles. The number of nitrogens with zero attached hydrogens (tertiary/aromatic N) is 1. The first-order valence-electron chi connectivity index (χ1n) is 9.19. The van der Waals surface area contributed by atoms with Gasteiger partial charge in [-0.2, -0.15) is 0 Å². The van der Waals surface area contributed by atoms with Crippen LogP contribution in [0.1, 0.15) is 48.3 Å². The topological polar surface area (TPSA) is 72.4 Å². The highest BCUT2D eigenvalue weighted by atomic mass is 32.1. The van der Waals surface area contributed by atoms with Gasteiger partial charge in [0.15, 0.2) is 3.95 Å². The first kappa shape index (κ1) is 18.2. The Bertz CT molecular complexity index is 950. The maximum absolute atomic E-state index is 13.0. The zero-order valence-electron chi connectivity index (χ0n) is 15.0. The molecule has 0 spiro atoms. The van der Waals surface area contributed by atoms with E-state index in [0.717, 1.165) is 25.7 Å². The van der Waals surface area contributed by atoms with Crippen LogP contribution in [0.25, 0.3) is 0 Å². The molecule has 6 nitrogen and oxygen atoms in total. The SMILES string of the molecule is CCOc1ccccc1NC(=O)c1sc(=S)n2c1NC(=O)C1CCCCC12. The quantitative estimate of drug-likeness (QED) is 0.731. The van der Waals surface area contributed by atoms with E-state index in [-0.39, 0.29) is 23.8 Å². The van der Waals surface area contributed by atoms with Crippen LogP contribution in [0.15, 0.2) is 24.3 Å². The second kappa shape index (κ2) is 7.44. The van der Waals surface area contributed by atoms with Gasteiger partial charge in [-0.3, -0.25) is 9.59 Å². The molecule has 1 fully saturated rings. The lowest BCUT2D eigenvalue weighted by atomic mass is 9.82. The Morgan fingerprint density at radius 1 is 1.37 bits per heavy atom. The Kier molecular flexibility index (Phi) is 5.01. The first-order chi connectivity index (χ1) is 13.1. The van der Waals surface area contributed by atoms with Gasteiger partial charge in [-0.25, -0.2) is 0 Å². The number of rotatable bonds is 4. The zero-order valence-corrected chi connectivity index (χ0v) is 16.6. The summed E-state index contributed by atoms with van der Waals surface area (Å²) in [5, 5.41) is 5.83. The summed E-state index contributed by atoms with van der Waals surface area (Å²) in [6.07, 6.45) is 3.93. The number of hydrogen-bond acceptors (Lipinski definition) is 5. The van der Waals surface area contributed by atoms with Gasteiger partial charge in [-0.1, -0.05) is 36.3 Å². The van der Waals surface area contributed by atoms with Crippen LogP contribution < -0.4 is 15.4 Å². The summed E-state index contributed by atoms with van der Waals surface area (Å²) in [6, 6.07) is 7.35. The normalized spacial score (nSPS) is 21.0. The van der Waals surface area contributed by atoms with Gasteiger partial charge >= 0.3 is 0 Å². The molecule has 4 rings (SSSR count). The molecule has 2 amide bonds. The minimum atomic E-state index is -0.290. The fraction of sp³-hybridized carbons (Fsp3) is 0.421. The van der Waals surface area contributed by atoms with Crippen molar-refractivity contribution in [1.82, 2.24) is 4.57 Å². The molecule has 1 saturated carbocycles. The number of hydrogen-bond donors (Lipinski definition) is 2. The lowest BCUT2D eigenvalue weighted by Gasteiger charge is -2.36. The molecule has 2 N–H and O–H groups in total. The van der Waals surface area contributed by atoms with Crippen LogP contribution in [0.5, 0.6) is 5.75 Å². The molecule has 2 atom stereocenters. The van der Waals surface area contributed by atoms with Gasteiger partial charge in [0.05, 0.1) is 18.2 Å². The zero-order chi connectivity index (χ0) is 19.0. The standard InChI is InChI=1S/C19H21N3O3S2/c1-2-25-14-10-6-4-8-12(14)20-18(24)15-16-21-17(23)11-7-3-5-9-13(11)22(16)19(26)27-15/h4,6,8,10-11,13H,2-3,5,7,9H2,1H3,(H,20,24)(H,21,23). The Hall–Kier alpha value is -2.19. The van der Waals surface area contributed by atoms with Crippen LogP contribution in [0.2, 0.25) is 0 Å². The summed E-state index contributed by atoms with van der Waals surface area (Å²) >= 11 is 6.79. The number of ether oxygens (including phenoxy) is 1. The van der Waals surface area contributed by atoms with Crippen LogP contribution in [-0.4, -0.2) is 23.0 Å². The van der Waals surface area contributed by atoms with E-state index in [1.807, 2.05) is 29.7 Å². The number of fused-ring (bicyclic) bond motifs is 3. The van der Waals surface area contributed by atoms with Crippen molar-refractivity contribution in [1.29, 1.82) is 0 Å². The van der Waals surface area contributed by atoms with Crippen LogP contribution >= 0.6 is 23.6 Å². The van der Waals surface area contributed by atoms with E-state index >= 15 is 0 Å². The molecule has 27 heavy (non-hydrogen) atoms. The molecular formula is C19H21N3O3S2. The molecule has 0 radical (unpaired) electrons. The van der Waals surface area contributed by atoms with Gasteiger partial charge in [0.2, 0.25) is 5.91 Å². The fourth-order valence-electron chi connectivity index (χ4n) is 3.92. The number of carbonyl (C=O) groups is 2. The number of amides is 2. The summed E-state index contributed by atoms with van der Waals surface area (Å²) in [7, 11) is 0. The maximum atomic E-state index is 13.0. The molecule has 2 unspecified atom stereocenters. The number of aromatic nitrogens is 1. The number of benzene rings is 1. The van der Waals surface area contributed by atoms with Crippen molar-refractivity contribution in [3.8, 4) is 5.75 Å². The Balaban J connectivity index is 1.67. The van der Waals surface area contributed by atoms with Crippen LogP contribution in [0.4, 0.5) is 11.5 Å². The van der Waals surface area contributed by atoms with Gasteiger partial charge in [-0.05, 0) is 44.1 Å². The molecule has 2 aliphatic rings. The molecule has 0 bridgehead atoms. The lowest BCUT2D eigenvalue weighted by Crippen LogP contribution is -2.39. The third-order valence-corrected chi connectivity index (χ3v) is 6.52. The molecule has 2 heterocycles. The number of para-hydroxylation sites is 2. The molecule has 1 aromatic carbocycles. The van der Waals surface area contributed by atoms with Crippen molar-refractivity contribution in [2.24, 2.45) is 5.92 Å². The van der Waals surface area contributed by atoms with E-state index in [2.05, 4.69) is 10.6 Å². The minimum Gasteiger partial charge on any atom is -0.492 e. The summed E-state index contributed by atoms with van der Waals surface area (Å²) < 4.78 is 8.18. The fourth-order valence-corrected chi connectivity index (χ4v) is 5.29. The van der Waals surface area contributed by atoms with Gasteiger partial charge in [0.1, 0.15) is 16.4 Å². The van der Waals surface area contributed by atoms with E-state index in [9.17, 15) is 9.59 Å². The Morgan fingerprint density at radius 2 is 2.15 bits per heavy atom. The van der Waals surface area contributed by atoms with Crippen LogP contribution in [0, 0.1) is 9.87 Å². The van der Waals surface area contributed by atoms with Crippen LogP contribution in [-0.2, 0) is 4.79 Å². The van der Waals surface area contributed by atoms with Gasteiger partial charge in [0.25, 0.3) is 5.91 Å². The van der Waals surface area contributed by atoms with Gasteiger partial charge in [0, 0.05) is 6.04 Å². The highest BCUT2D eigenvalue weighted by Gasteiger charge is 2.40. The van der Waals surface area contributed by atoms with Crippen LogP contribution in [0.3, 0.4) is 0 Å². The number of nitrogens with one attached hydrogen (secondary N) is 2. The average molecular weight is 404 g/mol. The second-order valence-electron chi connectivity index (χ2n) is 6.75. The highest BCUT2D eigenvalue weighted by molar-refractivity contribution is 7.73. The third-order valence-electron chi connectivity index (χ3n) is 5.12. The molecule has 142 valence electrons. The van der Waals surface area contributed by atoms with Gasteiger partial charge in [-0.15, -0.1) is 0 Å². The predicted molar refractivity (Wildman–Crippen MR) is 108 cm³/mol. The summed E-state index contributed by atoms with van der Waals surface area (Å²) in [6.45, 7) is 2.40. The number of carbonyl (C=O) groups excluding carboxylic acids is 2. The molecule has 2 aromatic rings. The largest absolute Gasteiger partial charge is 0.492 e. The number of anilines is 2. The van der Waals surface area contributed by atoms with Crippen molar-refractivity contribution in [2.75, 3.05) is 17.2 Å². The molecule has 1 aliphatic heterocycles. The van der Waals surface area contributed by atoms with E-state index in [1.165, 1.54) is 11.3 Å². The first-order valence-corrected chi connectivity index (χ1v) is 10.4. The number of thiazole rings is 1. The van der Waals surface area contributed by atoms with Crippen molar-refractivity contribution >= 4 is 46.9 Å². The van der Waals surface area contributed by atoms with Crippen molar-refractivity contribution in [2.45, 2.75) is 38.6 Å². The van der Waals surface area contributed by atoms with E-state index in [0.29, 0.717) is 32.7 Å². The maximum Gasteiger partial charge on any atom is 0.269 e. The summed E-state index contributed by atoms with van der Waals surface area (Å²) in [5.74, 6) is 0.797. The van der Waals surface area contributed by atoms with Crippen molar-refractivity contribution in [3.05, 3.63) is 33.1 Å². The van der Waals surface area contributed by atoms with E-state index in [4.69, 9.17) is 17.0 Å². The highest BCUT2D eigenvalue weighted by Crippen LogP contribution is 2.43. The summed E-state index contributed by atoms with van der Waals surface area (Å²) in [5.41, 5.74) is 0.597. The molecule has 8 heteroatoms. The average Bonchev–Trinajstić information content (AvgIpc) is 3.00.